The summed E-state index contributed by atoms with van der Waals surface area (Å²) in [5.74, 6) is -1.48. The summed E-state index contributed by atoms with van der Waals surface area (Å²) in [7, 11) is 0. The molecular weight excluding hydrogens is 314 g/mol. The third kappa shape index (κ3) is 2.93. The number of aromatic hydroxyl groups is 1. The van der Waals surface area contributed by atoms with Crippen LogP contribution in [-0.4, -0.2) is 27.2 Å². The Bertz CT molecular complexity index is 798. The number of nitrogens with zero attached hydrogens (tertiary/aromatic N) is 1. The van der Waals surface area contributed by atoms with E-state index in [0.717, 1.165) is 5.56 Å². The van der Waals surface area contributed by atoms with Crippen molar-refractivity contribution >= 4 is 11.7 Å². The van der Waals surface area contributed by atoms with Gasteiger partial charge in [-0.2, -0.15) is 0 Å². The lowest BCUT2D eigenvalue weighted by molar-refractivity contribution is -0.133. The molecule has 2 aromatic rings. The van der Waals surface area contributed by atoms with Gasteiger partial charge < -0.3 is 10.0 Å². The second-order valence-electron chi connectivity index (χ2n) is 7.21. The fourth-order valence-corrected chi connectivity index (χ4v) is 3.56. The average molecular weight is 337 g/mol. The van der Waals surface area contributed by atoms with Gasteiger partial charge in [-0.25, -0.2) is 0 Å². The minimum absolute atomic E-state index is 0.0770. The first kappa shape index (κ1) is 17.2. The smallest absolute Gasteiger partial charge is 0.234 e. The highest BCUT2D eigenvalue weighted by Crippen LogP contribution is 2.42. The number of hydrogen-bond donors (Lipinski definition) is 1. The number of rotatable bonds is 4. The van der Waals surface area contributed by atoms with Crippen LogP contribution >= 0.6 is 0 Å². The first-order valence-electron chi connectivity index (χ1n) is 8.51. The zero-order valence-corrected chi connectivity index (χ0v) is 14.8. The van der Waals surface area contributed by atoms with Crippen molar-refractivity contribution in [3.05, 3.63) is 65.7 Å². The van der Waals surface area contributed by atoms with Crippen LogP contribution in [0.1, 0.15) is 36.7 Å². The monoisotopic (exact) mass is 337 g/mol. The van der Waals surface area contributed by atoms with Crippen molar-refractivity contribution in [2.75, 3.05) is 0 Å². The SMILES string of the molecule is C[C@@H]1[C@@H](C(=O)c2ccccc2O)C(=O)N(Cc2ccccc2)C1(C)C. The first-order chi connectivity index (χ1) is 11.8. The number of phenols is 1. The lowest BCUT2D eigenvalue weighted by atomic mass is 9.80. The fraction of sp³-hybridized carbons (Fsp3) is 0.333. The number of para-hydroxylation sites is 1. The molecule has 0 unspecified atom stereocenters. The molecule has 130 valence electrons. The van der Waals surface area contributed by atoms with Gasteiger partial charge in [0.1, 0.15) is 11.7 Å². The van der Waals surface area contributed by atoms with E-state index in [2.05, 4.69) is 0 Å². The number of amides is 1. The van der Waals surface area contributed by atoms with Gasteiger partial charge in [0.05, 0.1) is 5.56 Å². The fourth-order valence-electron chi connectivity index (χ4n) is 3.56. The van der Waals surface area contributed by atoms with Crippen LogP contribution in [0.3, 0.4) is 0 Å². The molecule has 25 heavy (non-hydrogen) atoms. The molecule has 0 bridgehead atoms. The summed E-state index contributed by atoms with van der Waals surface area (Å²) in [6, 6.07) is 16.2. The Kier molecular flexibility index (Phi) is 4.38. The van der Waals surface area contributed by atoms with Gasteiger partial charge >= 0.3 is 0 Å². The van der Waals surface area contributed by atoms with E-state index in [1.807, 2.05) is 51.1 Å². The van der Waals surface area contributed by atoms with Crippen LogP contribution < -0.4 is 0 Å². The van der Waals surface area contributed by atoms with Gasteiger partial charge in [0, 0.05) is 12.1 Å². The van der Waals surface area contributed by atoms with E-state index in [-0.39, 0.29) is 28.9 Å². The lowest BCUT2D eigenvalue weighted by Gasteiger charge is -2.34. The van der Waals surface area contributed by atoms with Crippen LogP contribution in [0.4, 0.5) is 0 Å². The van der Waals surface area contributed by atoms with Crippen LogP contribution in [-0.2, 0) is 11.3 Å². The Morgan fingerprint density at radius 1 is 1.08 bits per heavy atom. The highest BCUT2D eigenvalue weighted by atomic mass is 16.3. The van der Waals surface area contributed by atoms with Gasteiger partial charge in [-0.1, -0.05) is 49.4 Å². The minimum atomic E-state index is -0.771. The summed E-state index contributed by atoms with van der Waals surface area (Å²) in [6.07, 6.45) is 0. The molecule has 1 amide bonds. The third-order valence-electron chi connectivity index (χ3n) is 5.48. The number of carbonyl (C=O) groups excluding carboxylic acids is 2. The summed E-state index contributed by atoms with van der Waals surface area (Å²) < 4.78 is 0. The molecule has 1 aliphatic rings. The van der Waals surface area contributed by atoms with Gasteiger partial charge in [-0.3, -0.25) is 9.59 Å². The summed E-state index contributed by atoms with van der Waals surface area (Å²) in [6.45, 7) is 6.40. The second kappa shape index (κ2) is 6.36. The normalized spacial score (nSPS) is 22.2. The molecule has 0 aromatic heterocycles. The molecule has 0 saturated carbocycles. The summed E-state index contributed by atoms with van der Waals surface area (Å²) in [5.41, 5.74) is 0.800. The molecule has 2 aromatic carbocycles. The zero-order valence-electron chi connectivity index (χ0n) is 14.8. The molecular formula is C21H23NO3. The molecule has 4 nitrogen and oxygen atoms in total. The van der Waals surface area contributed by atoms with Gasteiger partial charge in [0.2, 0.25) is 5.91 Å². The Morgan fingerprint density at radius 3 is 2.32 bits per heavy atom. The number of benzene rings is 2. The average Bonchev–Trinajstić information content (AvgIpc) is 2.76. The largest absolute Gasteiger partial charge is 0.507 e. The van der Waals surface area contributed by atoms with E-state index in [4.69, 9.17) is 0 Å². The quantitative estimate of drug-likeness (QED) is 0.684. The van der Waals surface area contributed by atoms with E-state index in [1.54, 1.807) is 23.1 Å². The second-order valence-corrected chi connectivity index (χ2v) is 7.21. The molecule has 1 saturated heterocycles. The number of phenolic OH excluding ortho intramolecular Hbond substituents is 1. The van der Waals surface area contributed by atoms with Crippen LogP contribution in [0.5, 0.6) is 5.75 Å². The Morgan fingerprint density at radius 2 is 1.68 bits per heavy atom. The minimum Gasteiger partial charge on any atom is -0.507 e. The number of ketones is 1. The van der Waals surface area contributed by atoms with Crippen molar-refractivity contribution in [3.8, 4) is 5.75 Å². The first-order valence-corrected chi connectivity index (χ1v) is 8.51. The molecule has 1 aliphatic heterocycles. The van der Waals surface area contributed by atoms with E-state index in [1.165, 1.54) is 6.07 Å². The standard InChI is InChI=1S/C21H23NO3/c1-14-18(19(24)16-11-7-8-12-17(16)23)20(25)22(21(14,2)3)13-15-9-5-4-6-10-15/h4-12,14,18,23H,13H2,1-3H3/t14-,18+/m1/s1. The molecule has 2 atom stereocenters. The van der Waals surface area contributed by atoms with Gasteiger partial charge in [0.25, 0.3) is 0 Å². The highest BCUT2D eigenvalue weighted by molar-refractivity contribution is 6.12. The van der Waals surface area contributed by atoms with E-state index < -0.39 is 11.5 Å². The van der Waals surface area contributed by atoms with E-state index >= 15 is 0 Å². The summed E-state index contributed by atoms with van der Waals surface area (Å²) >= 11 is 0. The van der Waals surface area contributed by atoms with Gasteiger partial charge in [0.15, 0.2) is 5.78 Å². The molecule has 0 spiro atoms. The van der Waals surface area contributed by atoms with Crippen molar-refractivity contribution in [1.82, 2.24) is 4.90 Å². The van der Waals surface area contributed by atoms with E-state index in [9.17, 15) is 14.7 Å². The Hall–Kier alpha value is -2.62. The maximum absolute atomic E-state index is 13.1. The van der Waals surface area contributed by atoms with Crippen molar-refractivity contribution in [1.29, 1.82) is 0 Å². The summed E-state index contributed by atoms with van der Waals surface area (Å²) in [5, 5.41) is 10.00. The Balaban J connectivity index is 1.93. The molecule has 3 rings (SSSR count). The molecule has 1 heterocycles. The predicted octanol–water partition coefficient (Wildman–Crippen LogP) is 3.65. The van der Waals surface area contributed by atoms with Crippen molar-refractivity contribution in [2.24, 2.45) is 11.8 Å². The summed E-state index contributed by atoms with van der Waals surface area (Å²) in [4.78, 5) is 27.8. The molecule has 0 radical (unpaired) electrons. The predicted molar refractivity (Wildman–Crippen MR) is 96.2 cm³/mol. The van der Waals surface area contributed by atoms with E-state index in [0.29, 0.717) is 6.54 Å². The number of Topliss-reactive ketones (excluding diaryl/α,β-unsaturated/α-hetero) is 1. The molecule has 4 heteroatoms. The van der Waals surface area contributed by atoms with Crippen LogP contribution in [0.15, 0.2) is 54.6 Å². The maximum Gasteiger partial charge on any atom is 0.234 e. The van der Waals surface area contributed by atoms with Crippen molar-refractivity contribution in [3.63, 3.8) is 0 Å². The highest BCUT2D eigenvalue weighted by Gasteiger charge is 2.53. The number of likely N-dealkylation sites (tertiary alicyclic amines) is 1. The van der Waals surface area contributed by atoms with Crippen molar-refractivity contribution < 1.29 is 14.7 Å². The van der Waals surface area contributed by atoms with Gasteiger partial charge in [-0.15, -0.1) is 0 Å². The molecule has 1 fully saturated rings. The number of carbonyl (C=O) groups is 2. The lowest BCUT2D eigenvalue weighted by Crippen LogP contribution is -2.42. The van der Waals surface area contributed by atoms with Crippen LogP contribution in [0.2, 0.25) is 0 Å². The third-order valence-corrected chi connectivity index (χ3v) is 5.48. The molecule has 0 aliphatic carbocycles. The van der Waals surface area contributed by atoms with Crippen molar-refractivity contribution in [2.45, 2.75) is 32.9 Å². The van der Waals surface area contributed by atoms with Crippen LogP contribution in [0.25, 0.3) is 0 Å². The number of hydrogen-bond acceptors (Lipinski definition) is 3. The topological polar surface area (TPSA) is 57.6 Å². The zero-order chi connectivity index (χ0) is 18.2. The van der Waals surface area contributed by atoms with Gasteiger partial charge in [-0.05, 0) is 37.5 Å². The molecule has 1 N–H and O–H groups in total. The van der Waals surface area contributed by atoms with Crippen LogP contribution in [0, 0.1) is 11.8 Å². The Labute approximate surface area is 148 Å². The maximum atomic E-state index is 13.1.